The topological polar surface area (TPSA) is 12.0 Å². The molecule has 0 saturated heterocycles. The van der Waals surface area contributed by atoms with Crippen LogP contribution in [0.15, 0.2) is 48.9 Å². The van der Waals surface area contributed by atoms with Gasteiger partial charge in [-0.2, -0.15) is 0 Å². The van der Waals surface area contributed by atoms with Crippen LogP contribution < -0.4 is 5.32 Å². The van der Waals surface area contributed by atoms with Crippen molar-refractivity contribution in [2.24, 2.45) is 0 Å². The summed E-state index contributed by atoms with van der Waals surface area (Å²) in [6.07, 6.45) is 7.46. The van der Waals surface area contributed by atoms with Crippen LogP contribution in [0.5, 0.6) is 0 Å². The molecule has 0 fully saturated rings. The van der Waals surface area contributed by atoms with Gasteiger partial charge in [-0.25, -0.2) is 0 Å². The molecule has 0 spiro atoms. The minimum absolute atomic E-state index is 1.07. The van der Waals surface area contributed by atoms with Gasteiger partial charge in [0.15, 0.2) is 0 Å². The van der Waals surface area contributed by atoms with Gasteiger partial charge in [0.25, 0.3) is 0 Å². The Bertz CT molecular complexity index is 197. The van der Waals surface area contributed by atoms with Crippen LogP contribution in [0.3, 0.4) is 0 Å². The summed E-state index contributed by atoms with van der Waals surface area (Å²) in [5.41, 5.74) is 2.22. The predicted molar refractivity (Wildman–Crippen MR) is 51.0 cm³/mol. The van der Waals surface area contributed by atoms with E-state index in [-0.39, 0.29) is 0 Å². The lowest BCUT2D eigenvalue weighted by Gasteiger charge is -1.96. The maximum absolute atomic E-state index is 3.65. The molecule has 0 aromatic heterocycles. The van der Waals surface area contributed by atoms with Crippen molar-refractivity contribution in [1.29, 1.82) is 0 Å². The van der Waals surface area contributed by atoms with Crippen molar-refractivity contribution in [3.05, 3.63) is 48.9 Å². The van der Waals surface area contributed by atoms with Crippen LogP contribution in [0.1, 0.15) is 13.8 Å². The summed E-state index contributed by atoms with van der Waals surface area (Å²) in [5.74, 6) is 0. The number of allylic oxidation sites excluding steroid dienone is 5. The third-order valence-corrected chi connectivity index (χ3v) is 1.25. The van der Waals surface area contributed by atoms with E-state index in [0.717, 1.165) is 11.3 Å². The first kappa shape index (κ1) is 9.76. The molecule has 0 aliphatic rings. The molecule has 0 saturated carbocycles. The van der Waals surface area contributed by atoms with Gasteiger partial charge in [0.2, 0.25) is 0 Å². The first-order valence-corrected chi connectivity index (χ1v) is 3.55. The Morgan fingerprint density at radius 2 is 1.82 bits per heavy atom. The minimum atomic E-state index is 1.07. The molecule has 0 atom stereocenters. The highest BCUT2D eigenvalue weighted by Gasteiger charge is 1.79. The highest BCUT2D eigenvalue weighted by Crippen LogP contribution is 1.95. The SMILES string of the molecule is C=CN/C(C)=C/C=C(/C)C=C. The Balaban J connectivity index is 4.09. The van der Waals surface area contributed by atoms with Crippen molar-refractivity contribution >= 4 is 0 Å². The number of hydrogen-bond acceptors (Lipinski definition) is 1. The summed E-state index contributed by atoms with van der Waals surface area (Å²) in [4.78, 5) is 0. The second-order valence-electron chi connectivity index (χ2n) is 2.31. The molecule has 60 valence electrons. The highest BCUT2D eigenvalue weighted by atomic mass is 14.8. The van der Waals surface area contributed by atoms with Crippen molar-refractivity contribution in [2.45, 2.75) is 13.8 Å². The van der Waals surface area contributed by atoms with Gasteiger partial charge in [0.05, 0.1) is 0 Å². The third kappa shape index (κ3) is 5.22. The van der Waals surface area contributed by atoms with Crippen LogP contribution in [0.4, 0.5) is 0 Å². The highest BCUT2D eigenvalue weighted by molar-refractivity contribution is 5.21. The molecule has 0 amide bonds. The zero-order valence-electron chi connectivity index (χ0n) is 7.22. The largest absolute Gasteiger partial charge is 0.366 e. The lowest BCUT2D eigenvalue weighted by Crippen LogP contribution is -1.98. The molecule has 0 aliphatic carbocycles. The molecule has 0 heterocycles. The fourth-order valence-corrected chi connectivity index (χ4v) is 0.534. The van der Waals surface area contributed by atoms with Crippen LogP contribution in [0, 0.1) is 0 Å². The van der Waals surface area contributed by atoms with Gasteiger partial charge in [-0.05, 0) is 26.1 Å². The van der Waals surface area contributed by atoms with E-state index in [1.807, 2.05) is 32.1 Å². The fourth-order valence-electron chi connectivity index (χ4n) is 0.534. The molecule has 0 rings (SSSR count). The Morgan fingerprint density at radius 1 is 1.18 bits per heavy atom. The van der Waals surface area contributed by atoms with E-state index in [2.05, 4.69) is 18.5 Å². The molecule has 0 bridgehead atoms. The van der Waals surface area contributed by atoms with E-state index in [1.54, 1.807) is 6.20 Å². The maximum atomic E-state index is 3.65. The van der Waals surface area contributed by atoms with E-state index in [1.165, 1.54) is 0 Å². The van der Waals surface area contributed by atoms with Crippen molar-refractivity contribution in [3.63, 3.8) is 0 Å². The predicted octanol–water partition coefficient (Wildman–Crippen LogP) is 2.76. The number of nitrogens with one attached hydrogen (secondary N) is 1. The van der Waals surface area contributed by atoms with Gasteiger partial charge >= 0.3 is 0 Å². The normalized spacial score (nSPS) is 12.5. The molecule has 0 aliphatic heterocycles. The second-order valence-corrected chi connectivity index (χ2v) is 2.31. The minimum Gasteiger partial charge on any atom is -0.366 e. The first-order valence-electron chi connectivity index (χ1n) is 3.55. The van der Waals surface area contributed by atoms with Crippen LogP contribution in [-0.4, -0.2) is 0 Å². The van der Waals surface area contributed by atoms with Crippen LogP contribution in [0.25, 0.3) is 0 Å². The lowest BCUT2D eigenvalue weighted by atomic mass is 10.2. The monoisotopic (exact) mass is 149 g/mol. The average molecular weight is 149 g/mol. The Hall–Kier alpha value is -1.24. The lowest BCUT2D eigenvalue weighted by molar-refractivity contribution is 1.06. The molecule has 1 N–H and O–H groups in total. The molecule has 1 heteroatoms. The second kappa shape index (κ2) is 5.54. The summed E-state index contributed by atoms with van der Waals surface area (Å²) in [7, 11) is 0. The smallest absolute Gasteiger partial charge is 0.0114 e. The van der Waals surface area contributed by atoms with E-state index >= 15 is 0 Å². The van der Waals surface area contributed by atoms with Crippen molar-refractivity contribution in [1.82, 2.24) is 5.32 Å². The molecular weight excluding hydrogens is 134 g/mol. The molecule has 1 nitrogen and oxygen atoms in total. The van der Waals surface area contributed by atoms with Crippen molar-refractivity contribution < 1.29 is 0 Å². The summed E-state index contributed by atoms with van der Waals surface area (Å²) in [5, 5.41) is 2.97. The van der Waals surface area contributed by atoms with E-state index in [0.29, 0.717) is 0 Å². The van der Waals surface area contributed by atoms with E-state index in [4.69, 9.17) is 0 Å². The maximum Gasteiger partial charge on any atom is 0.0114 e. The van der Waals surface area contributed by atoms with Crippen LogP contribution >= 0.6 is 0 Å². The van der Waals surface area contributed by atoms with Gasteiger partial charge in [-0.15, -0.1) is 0 Å². The van der Waals surface area contributed by atoms with Gasteiger partial charge in [0.1, 0.15) is 0 Å². The molecule has 0 unspecified atom stereocenters. The van der Waals surface area contributed by atoms with E-state index < -0.39 is 0 Å². The molecule has 0 aromatic rings. The van der Waals surface area contributed by atoms with Crippen LogP contribution in [-0.2, 0) is 0 Å². The first-order chi connectivity index (χ1) is 5.20. The molecule has 0 radical (unpaired) electrons. The summed E-state index contributed by atoms with van der Waals surface area (Å²) in [6.45, 7) is 11.2. The average Bonchev–Trinajstić information content (AvgIpc) is 2.01. The zero-order chi connectivity index (χ0) is 8.69. The van der Waals surface area contributed by atoms with E-state index in [9.17, 15) is 0 Å². The van der Waals surface area contributed by atoms with Gasteiger partial charge in [0, 0.05) is 5.70 Å². The Kier molecular flexibility index (Phi) is 4.91. The summed E-state index contributed by atoms with van der Waals surface area (Å²) in [6, 6.07) is 0. The molecule has 11 heavy (non-hydrogen) atoms. The van der Waals surface area contributed by atoms with Crippen LogP contribution in [0.2, 0.25) is 0 Å². The fraction of sp³-hybridized carbons (Fsp3) is 0.200. The number of hydrogen-bond donors (Lipinski definition) is 1. The number of rotatable bonds is 4. The summed E-state index contributed by atoms with van der Waals surface area (Å²) < 4.78 is 0. The van der Waals surface area contributed by atoms with Gasteiger partial charge in [-0.1, -0.05) is 30.9 Å². The zero-order valence-corrected chi connectivity index (χ0v) is 7.22. The van der Waals surface area contributed by atoms with Gasteiger partial charge in [-0.3, -0.25) is 0 Å². The quantitative estimate of drug-likeness (QED) is 0.606. The molecular formula is C10H15N. The Morgan fingerprint density at radius 3 is 2.27 bits per heavy atom. The molecule has 0 aromatic carbocycles. The third-order valence-electron chi connectivity index (χ3n) is 1.25. The van der Waals surface area contributed by atoms with Gasteiger partial charge < -0.3 is 5.32 Å². The summed E-state index contributed by atoms with van der Waals surface area (Å²) >= 11 is 0. The van der Waals surface area contributed by atoms with Crippen molar-refractivity contribution in [3.8, 4) is 0 Å². The Labute approximate surface area is 68.8 Å². The van der Waals surface area contributed by atoms with Crippen molar-refractivity contribution in [2.75, 3.05) is 0 Å². The standard InChI is InChI=1S/C10H15N/c1-5-9(3)7-8-10(4)11-6-2/h5-8,11H,1-2H2,3-4H3/b9-7-,10-8+.